The molecule has 1 amide bonds. The maximum Gasteiger partial charge on any atom is 0.404 e. The summed E-state index contributed by atoms with van der Waals surface area (Å²) in [6, 6.07) is 3.22. The van der Waals surface area contributed by atoms with Crippen LogP contribution in [0.25, 0.3) is 0 Å². The zero-order valence-electron chi connectivity index (χ0n) is 9.26. The number of hydrogen-bond donors (Lipinski definition) is 2. The third-order valence-electron chi connectivity index (χ3n) is 1.98. The standard InChI is InChI=1S/C10H11FN2O5/c11-8-6-7(2-3-9(8)13(16)17)18-5-1-4-12-10(14)15/h2-3,6,12H,1,4-5H2,(H,14,15). The van der Waals surface area contributed by atoms with E-state index in [-0.39, 0.29) is 18.9 Å². The van der Waals surface area contributed by atoms with Crippen LogP contribution in [0.15, 0.2) is 18.2 Å². The van der Waals surface area contributed by atoms with Crippen LogP contribution < -0.4 is 10.1 Å². The van der Waals surface area contributed by atoms with Crippen molar-refractivity contribution in [3.8, 4) is 5.75 Å². The average molecular weight is 258 g/mol. The lowest BCUT2D eigenvalue weighted by atomic mass is 10.3. The zero-order chi connectivity index (χ0) is 13.5. The summed E-state index contributed by atoms with van der Waals surface area (Å²) < 4.78 is 18.3. The minimum atomic E-state index is -1.13. The van der Waals surface area contributed by atoms with Crippen LogP contribution in [0.3, 0.4) is 0 Å². The molecule has 0 saturated carbocycles. The van der Waals surface area contributed by atoms with Crippen molar-refractivity contribution >= 4 is 11.8 Å². The molecule has 0 bridgehead atoms. The fraction of sp³-hybridized carbons (Fsp3) is 0.300. The summed E-state index contributed by atoms with van der Waals surface area (Å²) in [5.41, 5.74) is -0.616. The molecule has 0 aromatic heterocycles. The number of amides is 1. The summed E-state index contributed by atoms with van der Waals surface area (Å²) in [5, 5.41) is 20.8. The van der Waals surface area contributed by atoms with Gasteiger partial charge in [-0.1, -0.05) is 0 Å². The van der Waals surface area contributed by atoms with Crippen LogP contribution in [0.5, 0.6) is 5.75 Å². The number of ether oxygens (including phenoxy) is 1. The molecule has 18 heavy (non-hydrogen) atoms. The minimum Gasteiger partial charge on any atom is -0.493 e. The Kier molecular flexibility index (Phi) is 4.85. The second kappa shape index (κ2) is 6.38. The molecule has 0 aliphatic rings. The van der Waals surface area contributed by atoms with Crippen LogP contribution in [0, 0.1) is 15.9 Å². The second-order valence-electron chi connectivity index (χ2n) is 3.30. The average Bonchev–Trinajstić information content (AvgIpc) is 2.27. The van der Waals surface area contributed by atoms with Gasteiger partial charge in [0.1, 0.15) is 5.75 Å². The van der Waals surface area contributed by atoms with Gasteiger partial charge in [0.15, 0.2) is 0 Å². The summed E-state index contributed by atoms with van der Waals surface area (Å²) in [6.45, 7) is 0.391. The number of hydrogen-bond acceptors (Lipinski definition) is 4. The van der Waals surface area contributed by atoms with Gasteiger partial charge in [0.2, 0.25) is 5.82 Å². The summed E-state index contributed by atoms with van der Waals surface area (Å²) in [4.78, 5) is 19.6. The molecule has 1 rings (SSSR count). The summed E-state index contributed by atoms with van der Waals surface area (Å²) >= 11 is 0. The molecule has 0 heterocycles. The summed E-state index contributed by atoms with van der Waals surface area (Å²) in [6.07, 6.45) is -0.721. The Balaban J connectivity index is 2.42. The van der Waals surface area contributed by atoms with Crippen molar-refractivity contribution < 1.29 is 24.0 Å². The lowest BCUT2D eigenvalue weighted by Crippen LogP contribution is -2.23. The van der Waals surface area contributed by atoms with Crippen LogP contribution >= 0.6 is 0 Å². The number of nitro groups is 1. The molecule has 0 atom stereocenters. The SMILES string of the molecule is O=C(O)NCCCOc1ccc([N+](=O)[O-])c(F)c1. The number of carboxylic acid groups (broad SMARTS) is 1. The van der Waals surface area contributed by atoms with E-state index in [2.05, 4.69) is 5.32 Å². The molecular formula is C10H11FN2O5. The van der Waals surface area contributed by atoms with Crippen LogP contribution in [-0.2, 0) is 0 Å². The number of rotatable bonds is 6. The first-order valence-corrected chi connectivity index (χ1v) is 5.04. The highest BCUT2D eigenvalue weighted by Crippen LogP contribution is 2.22. The topological polar surface area (TPSA) is 102 Å². The molecule has 0 radical (unpaired) electrons. The largest absolute Gasteiger partial charge is 0.493 e. The number of benzene rings is 1. The molecule has 98 valence electrons. The monoisotopic (exact) mass is 258 g/mol. The third-order valence-corrected chi connectivity index (χ3v) is 1.98. The van der Waals surface area contributed by atoms with E-state index in [1.54, 1.807) is 0 Å². The predicted molar refractivity (Wildman–Crippen MR) is 59.2 cm³/mol. The second-order valence-corrected chi connectivity index (χ2v) is 3.30. The van der Waals surface area contributed by atoms with E-state index in [1.165, 1.54) is 6.07 Å². The molecule has 0 unspecified atom stereocenters. The van der Waals surface area contributed by atoms with Crippen LogP contribution in [0.2, 0.25) is 0 Å². The molecular weight excluding hydrogens is 247 g/mol. The molecule has 0 spiro atoms. The lowest BCUT2D eigenvalue weighted by Gasteiger charge is -2.06. The van der Waals surface area contributed by atoms with Crippen LogP contribution in [0.1, 0.15) is 6.42 Å². The van der Waals surface area contributed by atoms with Crippen molar-refractivity contribution in [2.24, 2.45) is 0 Å². The van der Waals surface area contributed by atoms with Gasteiger partial charge in [-0.2, -0.15) is 4.39 Å². The van der Waals surface area contributed by atoms with Gasteiger partial charge in [-0.25, -0.2) is 4.79 Å². The van der Waals surface area contributed by atoms with Gasteiger partial charge in [-0.15, -0.1) is 0 Å². The van der Waals surface area contributed by atoms with E-state index in [9.17, 15) is 19.3 Å². The molecule has 7 nitrogen and oxygen atoms in total. The normalized spacial score (nSPS) is 9.83. The zero-order valence-corrected chi connectivity index (χ0v) is 9.26. The summed E-state index contributed by atoms with van der Waals surface area (Å²) in [5.74, 6) is -0.811. The molecule has 0 aliphatic carbocycles. The molecule has 0 aliphatic heterocycles. The Bertz CT molecular complexity index is 452. The molecule has 0 fully saturated rings. The van der Waals surface area contributed by atoms with Gasteiger partial charge in [-0.05, 0) is 12.5 Å². The number of nitrogens with one attached hydrogen (secondary N) is 1. The Morgan fingerprint density at radius 1 is 1.56 bits per heavy atom. The predicted octanol–water partition coefficient (Wildman–Crippen LogP) is 1.77. The highest BCUT2D eigenvalue weighted by atomic mass is 19.1. The van der Waals surface area contributed by atoms with Crippen molar-refractivity contribution in [2.45, 2.75) is 6.42 Å². The van der Waals surface area contributed by atoms with Crippen molar-refractivity contribution in [3.63, 3.8) is 0 Å². The van der Waals surface area contributed by atoms with E-state index in [4.69, 9.17) is 9.84 Å². The first-order valence-electron chi connectivity index (χ1n) is 5.04. The highest BCUT2D eigenvalue weighted by molar-refractivity contribution is 5.64. The number of carbonyl (C=O) groups is 1. The van der Waals surface area contributed by atoms with Gasteiger partial charge >= 0.3 is 11.8 Å². The Morgan fingerprint density at radius 3 is 2.83 bits per heavy atom. The van der Waals surface area contributed by atoms with Gasteiger partial charge in [-0.3, -0.25) is 10.1 Å². The number of nitrogens with zero attached hydrogens (tertiary/aromatic N) is 1. The van der Waals surface area contributed by atoms with E-state index >= 15 is 0 Å². The maximum absolute atomic E-state index is 13.2. The van der Waals surface area contributed by atoms with Crippen molar-refractivity contribution in [1.82, 2.24) is 5.32 Å². The van der Waals surface area contributed by atoms with Gasteiger partial charge in [0.05, 0.1) is 11.5 Å². The Labute approximate surface area is 101 Å². The first-order chi connectivity index (χ1) is 8.50. The molecule has 2 N–H and O–H groups in total. The van der Waals surface area contributed by atoms with Gasteiger partial charge in [0.25, 0.3) is 0 Å². The quantitative estimate of drug-likeness (QED) is 0.460. The number of halogens is 1. The van der Waals surface area contributed by atoms with E-state index in [0.717, 1.165) is 12.1 Å². The molecule has 0 saturated heterocycles. The summed E-state index contributed by atoms with van der Waals surface area (Å²) in [7, 11) is 0. The van der Waals surface area contributed by atoms with E-state index in [1.807, 2.05) is 0 Å². The Morgan fingerprint density at radius 2 is 2.28 bits per heavy atom. The molecule has 1 aromatic carbocycles. The highest BCUT2D eigenvalue weighted by Gasteiger charge is 2.13. The van der Waals surface area contributed by atoms with Gasteiger partial charge in [0, 0.05) is 18.7 Å². The van der Waals surface area contributed by atoms with Crippen LogP contribution in [-0.4, -0.2) is 29.3 Å². The fourth-order valence-electron chi connectivity index (χ4n) is 1.18. The van der Waals surface area contributed by atoms with Crippen molar-refractivity contribution in [1.29, 1.82) is 0 Å². The minimum absolute atomic E-state index is 0.161. The van der Waals surface area contributed by atoms with Crippen molar-refractivity contribution in [3.05, 3.63) is 34.1 Å². The first kappa shape index (κ1) is 13.7. The lowest BCUT2D eigenvalue weighted by molar-refractivity contribution is -0.387. The maximum atomic E-state index is 13.2. The van der Waals surface area contributed by atoms with Crippen LogP contribution in [0.4, 0.5) is 14.9 Å². The van der Waals surface area contributed by atoms with E-state index in [0.29, 0.717) is 6.42 Å². The fourth-order valence-corrected chi connectivity index (χ4v) is 1.18. The molecule has 1 aromatic rings. The van der Waals surface area contributed by atoms with Gasteiger partial charge < -0.3 is 15.2 Å². The molecule has 8 heteroatoms. The Hall–Kier alpha value is -2.38. The third kappa shape index (κ3) is 4.24. The smallest absolute Gasteiger partial charge is 0.404 e. The van der Waals surface area contributed by atoms with E-state index < -0.39 is 22.5 Å². The number of nitro benzene ring substituents is 1. The van der Waals surface area contributed by atoms with Crippen molar-refractivity contribution in [2.75, 3.05) is 13.2 Å².